The first kappa shape index (κ1) is 18.7. The zero-order valence-corrected chi connectivity index (χ0v) is 17.2. The molecule has 3 heterocycles. The molecule has 2 saturated heterocycles. The van der Waals surface area contributed by atoms with E-state index in [-0.39, 0.29) is 18.5 Å². The van der Waals surface area contributed by atoms with E-state index in [9.17, 15) is 9.59 Å². The zero-order chi connectivity index (χ0) is 20.8. The number of aryl methyl sites for hydroxylation is 1. The van der Waals surface area contributed by atoms with E-state index in [1.54, 1.807) is 11.9 Å². The van der Waals surface area contributed by atoms with E-state index in [0.717, 1.165) is 36.7 Å². The average Bonchev–Trinajstić information content (AvgIpc) is 3.32. The van der Waals surface area contributed by atoms with Gasteiger partial charge in [0, 0.05) is 26.7 Å². The summed E-state index contributed by atoms with van der Waals surface area (Å²) in [6, 6.07) is 17.4. The number of hydrogen-bond acceptors (Lipinski definition) is 5. The molecule has 0 bridgehead atoms. The molecule has 0 N–H and O–H groups in total. The van der Waals surface area contributed by atoms with Gasteiger partial charge in [-0.3, -0.25) is 9.69 Å². The Balaban J connectivity index is 1.38. The molecule has 0 saturated carbocycles. The second-order valence-electron chi connectivity index (χ2n) is 8.19. The minimum absolute atomic E-state index is 0.163. The van der Waals surface area contributed by atoms with Gasteiger partial charge in [-0.05, 0) is 18.1 Å². The predicted molar refractivity (Wildman–Crippen MR) is 113 cm³/mol. The van der Waals surface area contributed by atoms with E-state index < -0.39 is 12.2 Å². The molecule has 3 aliphatic heterocycles. The van der Waals surface area contributed by atoms with E-state index in [0.29, 0.717) is 0 Å². The summed E-state index contributed by atoms with van der Waals surface area (Å²) >= 11 is 0. The third-order valence-electron chi connectivity index (χ3n) is 6.14. The minimum atomic E-state index is -0.465. The van der Waals surface area contributed by atoms with Gasteiger partial charge in [-0.15, -0.1) is 0 Å². The highest BCUT2D eigenvalue weighted by Gasteiger charge is 2.54. The van der Waals surface area contributed by atoms with E-state index in [1.807, 2.05) is 49.4 Å². The highest BCUT2D eigenvalue weighted by Crippen LogP contribution is 2.32. The Labute approximate surface area is 176 Å². The molecule has 30 heavy (non-hydrogen) atoms. The van der Waals surface area contributed by atoms with Gasteiger partial charge in [-0.25, -0.2) is 9.79 Å². The number of carbonyl (C=O) groups is 2. The number of carbonyl (C=O) groups excluding carboxylic acids is 2. The van der Waals surface area contributed by atoms with E-state index >= 15 is 0 Å². The van der Waals surface area contributed by atoms with Crippen molar-refractivity contribution in [3.63, 3.8) is 0 Å². The lowest BCUT2D eigenvalue weighted by atomic mass is 10.1. The van der Waals surface area contributed by atoms with Crippen LogP contribution in [0, 0.1) is 6.92 Å². The largest absolute Gasteiger partial charge is 0.337 e. The van der Waals surface area contributed by atoms with Crippen LogP contribution in [0.1, 0.15) is 16.7 Å². The number of fused-ring (bicyclic) bond motifs is 3. The molecule has 0 aliphatic carbocycles. The van der Waals surface area contributed by atoms with Gasteiger partial charge in [0.2, 0.25) is 0 Å². The standard InChI is InChI=1S/C23H25N5O2/c1-16-8-10-18(11-9-16)15-28-21(29)19-20(25(2)23(28)30)24-22-26(12-13-27(19)22)14-17-6-4-3-5-7-17/h3-11,19-20H,12-15H2,1-2H3. The van der Waals surface area contributed by atoms with Gasteiger partial charge in [0.25, 0.3) is 5.91 Å². The number of aliphatic imine (C=N–C) groups is 1. The summed E-state index contributed by atoms with van der Waals surface area (Å²) in [6.07, 6.45) is -0.465. The summed E-state index contributed by atoms with van der Waals surface area (Å²) < 4.78 is 0. The molecule has 0 radical (unpaired) electrons. The van der Waals surface area contributed by atoms with Crippen LogP contribution in [0.5, 0.6) is 0 Å². The van der Waals surface area contributed by atoms with Crippen molar-refractivity contribution in [2.45, 2.75) is 32.2 Å². The quantitative estimate of drug-likeness (QED) is 0.786. The highest BCUT2D eigenvalue weighted by molar-refractivity contribution is 6.04. The van der Waals surface area contributed by atoms with Crippen LogP contribution >= 0.6 is 0 Å². The summed E-state index contributed by atoms with van der Waals surface area (Å²) in [6.45, 7) is 4.60. The van der Waals surface area contributed by atoms with Crippen LogP contribution in [0.3, 0.4) is 0 Å². The summed E-state index contributed by atoms with van der Waals surface area (Å²) in [5, 5.41) is 0. The fourth-order valence-corrected chi connectivity index (χ4v) is 4.47. The van der Waals surface area contributed by atoms with E-state index in [2.05, 4.69) is 21.9 Å². The molecule has 2 aromatic carbocycles. The van der Waals surface area contributed by atoms with Gasteiger partial charge in [0.15, 0.2) is 18.2 Å². The zero-order valence-electron chi connectivity index (χ0n) is 17.2. The number of likely N-dealkylation sites (N-methyl/N-ethyl adjacent to an activating group) is 1. The smallest absolute Gasteiger partial charge is 0.328 e. The molecule has 3 aliphatic rings. The maximum Gasteiger partial charge on any atom is 0.328 e. The Hall–Kier alpha value is -3.35. The van der Waals surface area contributed by atoms with Gasteiger partial charge in [-0.2, -0.15) is 0 Å². The van der Waals surface area contributed by atoms with Crippen molar-refractivity contribution in [2.24, 2.45) is 4.99 Å². The monoisotopic (exact) mass is 403 g/mol. The molecule has 0 aromatic heterocycles. The Morgan fingerprint density at radius 2 is 1.63 bits per heavy atom. The number of amides is 3. The number of urea groups is 1. The van der Waals surface area contributed by atoms with Crippen LogP contribution in [0.4, 0.5) is 4.79 Å². The van der Waals surface area contributed by atoms with Crippen molar-refractivity contribution in [2.75, 3.05) is 20.1 Å². The Bertz CT molecular complexity index is 1000. The van der Waals surface area contributed by atoms with Crippen LogP contribution in [0.2, 0.25) is 0 Å². The maximum absolute atomic E-state index is 13.4. The molecule has 2 unspecified atom stereocenters. The highest BCUT2D eigenvalue weighted by atomic mass is 16.2. The Kier molecular flexibility index (Phi) is 4.46. The summed E-state index contributed by atoms with van der Waals surface area (Å²) in [5.41, 5.74) is 3.30. The van der Waals surface area contributed by atoms with E-state index in [4.69, 9.17) is 4.99 Å². The molecular weight excluding hydrogens is 378 g/mol. The number of hydrogen-bond donors (Lipinski definition) is 0. The van der Waals surface area contributed by atoms with Crippen molar-refractivity contribution >= 4 is 17.9 Å². The molecule has 154 valence electrons. The number of nitrogens with zero attached hydrogens (tertiary/aromatic N) is 5. The molecule has 7 heteroatoms. The fraction of sp³-hybridized carbons (Fsp3) is 0.348. The molecule has 5 rings (SSSR count). The molecule has 2 fully saturated rings. The second kappa shape index (κ2) is 7.16. The number of benzene rings is 2. The maximum atomic E-state index is 13.4. The molecular formula is C23H25N5O2. The molecule has 3 amide bonds. The van der Waals surface area contributed by atoms with Crippen molar-refractivity contribution in [1.82, 2.24) is 19.6 Å². The second-order valence-corrected chi connectivity index (χ2v) is 8.19. The summed E-state index contributed by atoms with van der Waals surface area (Å²) in [5.74, 6) is 0.656. The van der Waals surface area contributed by atoms with Crippen molar-refractivity contribution in [3.05, 3.63) is 71.3 Å². The Morgan fingerprint density at radius 3 is 2.37 bits per heavy atom. The van der Waals surface area contributed by atoms with Gasteiger partial charge >= 0.3 is 6.03 Å². The number of guanidine groups is 1. The number of rotatable bonds is 4. The van der Waals surface area contributed by atoms with E-state index in [1.165, 1.54) is 10.5 Å². The van der Waals surface area contributed by atoms with Crippen molar-refractivity contribution in [3.8, 4) is 0 Å². The van der Waals surface area contributed by atoms with Gasteiger partial charge in [0.1, 0.15) is 0 Å². The number of imide groups is 1. The van der Waals surface area contributed by atoms with Crippen LogP contribution in [0.25, 0.3) is 0 Å². The molecule has 2 aromatic rings. The lowest BCUT2D eigenvalue weighted by Gasteiger charge is -2.40. The van der Waals surface area contributed by atoms with Gasteiger partial charge < -0.3 is 14.7 Å². The van der Waals surface area contributed by atoms with Crippen LogP contribution in [-0.4, -0.2) is 69.8 Å². The molecule has 2 atom stereocenters. The summed E-state index contributed by atoms with van der Waals surface area (Å²) in [7, 11) is 1.74. The van der Waals surface area contributed by atoms with Crippen molar-refractivity contribution < 1.29 is 9.59 Å². The SMILES string of the molecule is Cc1ccc(CN2C(=O)C3C(N=C4N(Cc5ccccc5)CCN43)N(C)C2=O)cc1. The van der Waals surface area contributed by atoms with Crippen LogP contribution in [0.15, 0.2) is 59.6 Å². The lowest BCUT2D eigenvalue weighted by molar-refractivity contribution is -0.137. The topological polar surface area (TPSA) is 59.5 Å². The third kappa shape index (κ3) is 3.01. The van der Waals surface area contributed by atoms with Crippen LogP contribution < -0.4 is 0 Å². The average molecular weight is 403 g/mol. The lowest BCUT2D eigenvalue weighted by Crippen LogP contribution is -2.64. The minimum Gasteiger partial charge on any atom is -0.337 e. The van der Waals surface area contributed by atoms with Gasteiger partial charge in [-0.1, -0.05) is 60.2 Å². The Morgan fingerprint density at radius 1 is 0.933 bits per heavy atom. The first-order chi connectivity index (χ1) is 14.5. The molecule has 7 nitrogen and oxygen atoms in total. The third-order valence-corrected chi connectivity index (χ3v) is 6.14. The summed E-state index contributed by atoms with van der Waals surface area (Å²) in [4.78, 5) is 38.4. The first-order valence-corrected chi connectivity index (χ1v) is 10.3. The van der Waals surface area contributed by atoms with Crippen LogP contribution in [-0.2, 0) is 17.9 Å². The fourth-order valence-electron chi connectivity index (χ4n) is 4.47. The predicted octanol–water partition coefficient (Wildman–Crippen LogP) is 2.27. The molecule has 0 spiro atoms. The normalized spacial score (nSPS) is 23.1. The van der Waals surface area contributed by atoms with Gasteiger partial charge in [0.05, 0.1) is 6.54 Å². The van der Waals surface area contributed by atoms with Crippen molar-refractivity contribution in [1.29, 1.82) is 0 Å². The first-order valence-electron chi connectivity index (χ1n) is 10.3.